The summed E-state index contributed by atoms with van der Waals surface area (Å²) in [5.74, 6) is 0. The van der Waals surface area contributed by atoms with E-state index in [0.29, 0.717) is 0 Å². The van der Waals surface area contributed by atoms with Crippen molar-refractivity contribution >= 4 is 5.69 Å². The Balaban J connectivity index is 1.97. The molecule has 0 saturated carbocycles. The van der Waals surface area contributed by atoms with Crippen LogP contribution in [0.4, 0.5) is 5.69 Å². The normalized spacial score (nSPS) is 19.1. The Labute approximate surface area is 129 Å². The number of aliphatic hydroxyl groups excluding tert-OH is 1. The summed E-state index contributed by atoms with van der Waals surface area (Å²) >= 11 is 0. The SMILES string of the molecule is CCC(CO)NC(C)c1ccc(N2CCCCCC2)cc1. The van der Waals surface area contributed by atoms with Crippen LogP contribution in [0.1, 0.15) is 57.6 Å². The molecule has 0 amide bonds. The van der Waals surface area contributed by atoms with Gasteiger partial charge in [0, 0.05) is 30.9 Å². The molecule has 1 saturated heterocycles. The lowest BCUT2D eigenvalue weighted by Crippen LogP contribution is -2.33. The van der Waals surface area contributed by atoms with Gasteiger partial charge in [-0.2, -0.15) is 0 Å². The Kier molecular flexibility index (Phi) is 6.52. The summed E-state index contributed by atoms with van der Waals surface area (Å²) in [7, 11) is 0. The molecule has 118 valence electrons. The largest absolute Gasteiger partial charge is 0.395 e. The second-order valence-corrected chi connectivity index (χ2v) is 6.17. The Morgan fingerprint density at radius 2 is 1.71 bits per heavy atom. The van der Waals surface area contributed by atoms with Gasteiger partial charge in [0.15, 0.2) is 0 Å². The van der Waals surface area contributed by atoms with Gasteiger partial charge >= 0.3 is 0 Å². The minimum atomic E-state index is 0.185. The summed E-state index contributed by atoms with van der Waals surface area (Å²) in [4.78, 5) is 2.51. The average Bonchev–Trinajstić information content (AvgIpc) is 2.81. The highest BCUT2D eigenvalue weighted by molar-refractivity contribution is 5.48. The van der Waals surface area contributed by atoms with E-state index in [1.165, 1.54) is 50.0 Å². The third-order valence-electron chi connectivity index (χ3n) is 4.56. The van der Waals surface area contributed by atoms with Crippen molar-refractivity contribution in [1.82, 2.24) is 5.32 Å². The maximum atomic E-state index is 9.29. The van der Waals surface area contributed by atoms with Crippen LogP contribution in [0.15, 0.2) is 24.3 Å². The van der Waals surface area contributed by atoms with Crippen LogP contribution in [0.3, 0.4) is 0 Å². The summed E-state index contributed by atoms with van der Waals surface area (Å²) in [5.41, 5.74) is 2.64. The summed E-state index contributed by atoms with van der Waals surface area (Å²) in [6, 6.07) is 9.41. The highest BCUT2D eigenvalue weighted by Gasteiger charge is 2.13. The molecule has 0 radical (unpaired) electrons. The Morgan fingerprint density at radius 3 is 2.24 bits per heavy atom. The number of hydrogen-bond donors (Lipinski definition) is 2. The molecule has 0 bridgehead atoms. The van der Waals surface area contributed by atoms with Gasteiger partial charge in [0.2, 0.25) is 0 Å². The highest BCUT2D eigenvalue weighted by Crippen LogP contribution is 2.22. The standard InChI is InChI=1S/C18H30N2O/c1-3-17(14-21)19-15(2)16-8-10-18(11-9-16)20-12-6-4-5-7-13-20/h8-11,15,17,19,21H,3-7,12-14H2,1-2H3. The molecule has 1 aliphatic heterocycles. The molecule has 0 aromatic heterocycles. The number of rotatable bonds is 6. The van der Waals surface area contributed by atoms with E-state index in [1.54, 1.807) is 0 Å². The van der Waals surface area contributed by atoms with Gasteiger partial charge < -0.3 is 15.3 Å². The van der Waals surface area contributed by atoms with E-state index >= 15 is 0 Å². The lowest BCUT2D eigenvalue weighted by molar-refractivity contribution is 0.230. The van der Waals surface area contributed by atoms with Crippen LogP contribution in [0, 0.1) is 0 Å². The first kappa shape index (κ1) is 16.3. The first-order valence-electron chi connectivity index (χ1n) is 8.46. The zero-order valence-electron chi connectivity index (χ0n) is 13.5. The molecule has 1 aromatic carbocycles. The Morgan fingerprint density at radius 1 is 1.10 bits per heavy atom. The molecular weight excluding hydrogens is 260 g/mol. The predicted octanol–water partition coefficient (Wildman–Crippen LogP) is 3.49. The second kappa shape index (κ2) is 8.40. The summed E-state index contributed by atoms with van der Waals surface area (Å²) in [5, 5.41) is 12.8. The van der Waals surface area contributed by atoms with Crippen molar-refractivity contribution in [2.24, 2.45) is 0 Å². The van der Waals surface area contributed by atoms with Gasteiger partial charge in [-0.1, -0.05) is 31.9 Å². The first-order valence-corrected chi connectivity index (χ1v) is 8.46. The zero-order valence-corrected chi connectivity index (χ0v) is 13.5. The van der Waals surface area contributed by atoms with Crippen LogP contribution >= 0.6 is 0 Å². The van der Waals surface area contributed by atoms with Crippen LogP contribution in [0.2, 0.25) is 0 Å². The van der Waals surface area contributed by atoms with E-state index in [4.69, 9.17) is 0 Å². The smallest absolute Gasteiger partial charge is 0.0584 e. The molecule has 0 spiro atoms. The van der Waals surface area contributed by atoms with Crippen molar-refractivity contribution in [2.45, 2.75) is 58.0 Å². The summed E-state index contributed by atoms with van der Waals surface area (Å²) in [6.45, 7) is 6.85. The van der Waals surface area contributed by atoms with Gasteiger partial charge in [-0.15, -0.1) is 0 Å². The maximum Gasteiger partial charge on any atom is 0.0584 e. The van der Waals surface area contributed by atoms with Crippen molar-refractivity contribution in [3.05, 3.63) is 29.8 Å². The molecule has 1 aliphatic rings. The maximum absolute atomic E-state index is 9.29. The zero-order chi connectivity index (χ0) is 15.1. The number of anilines is 1. The van der Waals surface area contributed by atoms with Crippen molar-refractivity contribution in [2.75, 3.05) is 24.6 Å². The summed E-state index contributed by atoms with van der Waals surface area (Å²) in [6.07, 6.45) is 6.32. The number of nitrogens with one attached hydrogen (secondary N) is 1. The minimum Gasteiger partial charge on any atom is -0.395 e. The fraction of sp³-hybridized carbons (Fsp3) is 0.667. The van der Waals surface area contributed by atoms with Crippen LogP contribution in [-0.2, 0) is 0 Å². The van der Waals surface area contributed by atoms with Crippen LogP contribution in [0.5, 0.6) is 0 Å². The quantitative estimate of drug-likeness (QED) is 0.842. The van der Waals surface area contributed by atoms with E-state index in [-0.39, 0.29) is 18.7 Å². The predicted molar refractivity (Wildman–Crippen MR) is 89.8 cm³/mol. The molecule has 0 aliphatic carbocycles. The van der Waals surface area contributed by atoms with Gasteiger partial charge in [-0.3, -0.25) is 0 Å². The number of hydrogen-bond acceptors (Lipinski definition) is 3. The Bertz CT molecular complexity index is 392. The van der Waals surface area contributed by atoms with Gasteiger partial charge in [-0.25, -0.2) is 0 Å². The molecule has 2 atom stereocenters. The van der Waals surface area contributed by atoms with Crippen LogP contribution < -0.4 is 10.2 Å². The molecule has 2 N–H and O–H groups in total. The lowest BCUT2D eigenvalue weighted by atomic mass is 10.1. The number of aliphatic hydroxyl groups is 1. The molecule has 21 heavy (non-hydrogen) atoms. The molecule has 1 aromatic rings. The van der Waals surface area contributed by atoms with Crippen LogP contribution in [0.25, 0.3) is 0 Å². The van der Waals surface area contributed by atoms with E-state index < -0.39 is 0 Å². The van der Waals surface area contributed by atoms with E-state index in [0.717, 1.165) is 6.42 Å². The molecule has 2 unspecified atom stereocenters. The van der Waals surface area contributed by atoms with E-state index in [1.807, 2.05) is 0 Å². The third kappa shape index (κ3) is 4.72. The fourth-order valence-corrected chi connectivity index (χ4v) is 3.05. The van der Waals surface area contributed by atoms with E-state index in [9.17, 15) is 5.11 Å². The third-order valence-corrected chi connectivity index (χ3v) is 4.56. The van der Waals surface area contributed by atoms with Crippen molar-refractivity contribution < 1.29 is 5.11 Å². The average molecular weight is 290 g/mol. The molecule has 3 heteroatoms. The minimum absolute atomic E-state index is 0.185. The summed E-state index contributed by atoms with van der Waals surface area (Å²) < 4.78 is 0. The molecule has 1 heterocycles. The number of nitrogens with zero attached hydrogens (tertiary/aromatic N) is 1. The number of benzene rings is 1. The highest BCUT2D eigenvalue weighted by atomic mass is 16.3. The molecule has 2 rings (SSSR count). The first-order chi connectivity index (χ1) is 10.2. The second-order valence-electron chi connectivity index (χ2n) is 6.17. The lowest BCUT2D eigenvalue weighted by Gasteiger charge is -2.24. The molecule has 3 nitrogen and oxygen atoms in total. The molecule has 1 fully saturated rings. The topological polar surface area (TPSA) is 35.5 Å². The van der Waals surface area contributed by atoms with Gasteiger partial charge in [-0.05, 0) is 43.9 Å². The van der Waals surface area contributed by atoms with Crippen molar-refractivity contribution in [3.8, 4) is 0 Å². The van der Waals surface area contributed by atoms with Gasteiger partial charge in [0.1, 0.15) is 0 Å². The van der Waals surface area contributed by atoms with Gasteiger partial charge in [0.05, 0.1) is 6.61 Å². The van der Waals surface area contributed by atoms with Gasteiger partial charge in [0.25, 0.3) is 0 Å². The van der Waals surface area contributed by atoms with Crippen molar-refractivity contribution in [1.29, 1.82) is 0 Å². The van der Waals surface area contributed by atoms with E-state index in [2.05, 4.69) is 48.3 Å². The fourth-order valence-electron chi connectivity index (χ4n) is 3.05. The van der Waals surface area contributed by atoms with Crippen molar-refractivity contribution in [3.63, 3.8) is 0 Å². The molecular formula is C18H30N2O. The monoisotopic (exact) mass is 290 g/mol. The van der Waals surface area contributed by atoms with Crippen LogP contribution in [-0.4, -0.2) is 30.8 Å². The Hall–Kier alpha value is -1.06.